The molecule has 36 heavy (non-hydrogen) atoms. The van der Waals surface area contributed by atoms with Gasteiger partial charge in [0, 0.05) is 31.7 Å². The van der Waals surface area contributed by atoms with Crippen molar-refractivity contribution in [2.45, 2.75) is 129 Å². The van der Waals surface area contributed by atoms with Gasteiger partial charge in [0.15, 0.2) is 0 Å². The fraction of sp³-hybridized carbons (Fsp3) is 0.828. The van der Waals surface area contributed by atoms with E-state index in [2.05, 4.69) is 19.1 Å². The molecule has 0 aliphatic heterocycles. The van der Waals surface area contributed by atoms with Crippen LogP contribution < -0.4 is 5.11 Å². The summed E-state index contributed by atoms with van der Waals surface area (Å²) in [5, 5.41) is 29.0. The van der Waals surface area contributed by atoms with Crippen LogP contribution >= 0.6 is 0 Å². The van der Waals surface area contributed by atoms with E-state index >= 15 is 0 Å². The van der Waals surface area contributed by atoms with Gasteiger partial charge in [-0.15, -0.1) is 0 Å². The number of aliphatic carboxylic acids is 3. The average Bonchev–Trinajstić information content (AvgIpc) is 2.80. The minimum Gasteiger partial charge on any atom is -0.550 e. The highest BCUT2D eigenvalue weighted by Crippen LogP contribution is 2.17. The van der Waals surface area contributed by atoms with Gasteiger partial charge in [-0.1, -0.05) is 83.3 Å². The molecule has 0 radical (unpaired) electrons. The third-order valence-electron chi connectivity index (χ3n) is 6.97. The number of hydrogen-bond acceptors (Lipinski definition) is 4. The maximum atomic E-state index is 11.0. The van der Waals surface area contributed by atoms with E-state index in [0.717, 1.165) is 19.4 Å². The molecule has 0 fully saturated rings. The summed E-state index contributed by atoms with van der Waals surface area (Å²) in [6.07, 6.45) is 22.4. The number of rotatable bonds is 27. The van der Waals surface area contributed by atoms with Crippen LogP contribution in [0.25, 0.3) is 0 Å². The van der Waals surface area contributed by atoms with Crippen molar-refractivity contribution in [1.82, 2.24) is 0 Å². The highest BCUT2D eigenvalue weighted by molar-refractivity contribution is 5.66. The van der Waals surface area contributed by atoms with Gasteiger partial charge < -0.3 is 24.6 Å². The normalized spacial score (nSPS) is 11.8. The van der Waals surface area contributed by atoms with Crippen LogP contribution in [0.3, 0.4) is 0 Å². The lowest BCUT2D eigenvalue weighted by molar-refractivity contribution is -0.928. The van der Waals surface area contributed by atoms with Gasteiger partial charge in [-0.2, -0.15) is 0 Å². The van der Waals surface area contributed by atoms with Crippen LogP contribution in [-0.2, 0) is 14.4 Å². The standard InChI is InChI=1S/C29H53NO6/c1-2-3-4-5-6-7-8-9-10-11-12-13-14-15-16-23-30(24-17-20-27(31)32,25-18-21-28(33)34)26-19-22-29(35)36/h14-15H,2-13,16-26H2,1H3,(H2-,31,32,33,34,35,36)/b15-14+. The van der Waals surface area contributed by atoms with Gasteiger partial charge in [0.25, 0.3) is 0 Å². The Kier molecular flexibility index (Phi) is 22.3. The molecule has 0 aliphatic carbocycles. The number of carboxylic acid groups (broad SMARTS) is 3. The highest BCUT2D eigenvalue weighted by Gasteiger charge is 2.26. The van der Waals surface area contributed by atoms with Gasteiger partial charge in [0.2, 0.25) is 0 Å². The average molecular weight is 512 g/mol. The largest absolute Gasteiger partial charge is 0.550 e. The number of carboxylic acids is 3. The van der Waals surface area contributed by atoms with Crippen molar-refractivity contribution in [3.8, 4) is 0 Å². The van der Waals surface area contributed by atoms with Crippen LogP contribution in [0.5, 0.6) is 0 Å². The maximum Gasteiger partial charge on any atom is 0.303 e. The molecule has 0 heterocycles. The summed E-state index contributed by atoms with van der Waals surface area (Å²) in [6.45, 7) is 4.85. The van der Waals surface area contributed by atoms with Crippen LogP contribution in [0.4, 0.5) is 0 Å². The molecule has 7 heteroatoms. The molecular formula is C29H53NO6. The first-order chi connectivity index (χ1) is 17.3. The predicted octanol–water partition coefficient (Wildman–Crippen LogP) is 5.71. The van der Waals surface area contributed by atoms with E-state index < -0.39 is 17.9 Å². The lowest BCUT2D eigenvalue weighted by Crippen LogP contribution is -2.51. The number of hydrogen-bond donors (Lipinski definition) is 2. The molecule has 0 atom stereocenters. The van der Waals surface area contributed by atoms with Crippen LogP contribution in [0.2, 0.25) is 0 Å². The Labute approximate surface area is 219 Å². The fourth-order valence-corrected chi connectivity index (χ4v) is 4.87. The van der Waals surface area contributed by atoms with Crippen LogP contribution in [0.15, 0.2) is 12.2 Å². The first-order valence-electron chi connectivity index (χ1n) is 14.4. The number of carbonyl (C=O) groups excluding carboxylic acids is 1. The summed E-state index contributed by atoms with van der Waals surface area (Å²) < 4.78 is 0.566. The summed E-state index contributed by atoms with van der Waals surface area (Å²) in [7, 11) is 0. The topological polar surface area (TPSA) is 115 Å². The third kappa shape index (κ3) is 22.6. The van der Waals surface area contributed by atoms with E-state index in [4.69, 9.17) is 10.2 Å². The van der Waals surface area contributed by atoms with Crippen molar-refractivity contribution in [1.29, 1.82) is 0 Å². The molecule has 0 aromatic rings. The van der Waals surface area contributed by atoms with Crippen molar-refractivity contribution in [3.05, 3.63) is 12.2 Å². The monoisotopic (exact) mass is 511 g/mol. The van der Waals surface area contributed by atoms with Crippen molar-refractivity contribution in [2.24, 2.45) is 0 Å². The Morgan fingerprint density at radius 2 is 1.00 bits per heavy atom. The summed E-state index contributed by atoms with van der Waals surface area (Å²) >= 11 is 0. The van der Waals surface area contributed by atoms with E-state index in [0.29, 0.717) is 43.4 Å². The number of allylic oxidation sites excluding steroid dienone is 1. The molecule has 0 rings (SSSR count). The molecular weight excluding hydrogens is 458 g/mol. The second-order valence-corrected chi connectivity index (χ2v) is 10.3. The highest BCUT2D eigenvalue weighted by atomic mass is 16.4. The lowest BCUT2D eigenvalue weighted by atomic mass is 10.1. The van der Waals surface area contributed by atoms with Crippen molar-refractivity contribution in [2.75, 3.05) is 26.2 Å². The number of carbonyl (C=O) groups is 3. The quantitative estimate of drug-likeness (QED) is 0.0829. The van der Waals surface area contributed by atoms with E-state index in [1.54, 1.807) is 0 Å². The van der Waals surface area contributed by atoms with E-state index in [1.165, 1.54) is 70.6 Å². The fourth-order valence-electron chi connectivity index (χ4n) is 4.87. The Balaban J connectivity index is 4.42. The van der Waals surface area contributed by atoms with Crippen LogP contribution in [-0.4, -0.2) is 58.8 Å². The minimum atomic E-state index is -1.09. The SMILES string of the molecule is CCCCCCCCCCCCC/C=C/CC[N+](CCCC(=O)[O-])(CCCC(=O)O)CCCC(=O)O. The molecule has 210 valence electrons. The summed E-state index contributed by atoms with van der Waals surface area (Å²) in [6, 6.07) is 0. The Hall–Kier alpha value is -1.89. The molecule has 0 bridgehead atoms. The van der Waals surface area contributed by atoms with Crippen molar-refractivity contribution >= 4 is 17.9 Å². The lowest BCUT2D eigenvalue weighted by Gasteiger charge is -2.39. The smallest absolute Gasteiger partial charge is 0.303 e. The Morgan fingerprint density at radius 3 is 1.44 bits per heavy atom. The van der Waals surface area contributed by atoms with Crippen LogP contribution in [0.1, 0.15) is 129 Å². The zero-order chi connectivity index (χ0) is 26.9. The zero-order valence-corrected chi connectivity index (χ0v) is 22.9. The van der Waals surface area contributed by atoms with Gasteiger partial charge in [0.05, 0.1) is 39.0 Å². The van der Waals surface area contributed by atoms with E-state index in [-0.39, 0.29) is 19.3 Å². The molecule has 0 saturated heterocycles. The molecule has 0 aliphatic rings. The third-order valence-corrected chi connectivity index (χ3v) is 6.97. The molecule has 0 unspecified atom stereocenters. The molecule has 0 aromatic heterocycles. The number of unbranched alkanes of at least 4 members (excludes halogenated alkanes) is 11. The second kappa shape index (κ2) is 23.5. The van der Waals surface area contributed by atoms with Crippen molar-refractivity contribution in [3.63, 3.8) is 0 Å². The Morgan fingerprint density at radius 1 is 0.583 bits per heavy atom. The van der Waals surface area contributed by atoms with Gasteiger partial charge >= 0.3 is 11.9 Å². The summed E-state index contributed by atoms with van der Waals surface area (Å²) in [4.78, 5) is 32.9. The second-order valence-electron chi connectivity index (χ2n) is 10.3. The summed E-state index contributed by atoms with van der Waals surface area (Å²) in [5.74, 6) is -2.78. The van der Waals surface area contributed by atoms with Crippen LogP contribution in [0, 0.1) is 0 Å². The molecule has 0 spiro atoms. The Bertz CT molecular complexity index is 554. The van der Waals surface area contributed by atoms with Crippen molar-refractivity contribution < 1.29 is 34.2 Å². The first-order valence-corrected chi connectivity index (χ1v) is 14.4. The van der Waals surface area contributed by atoms with E-state index in [1.807, 2.05) is 0 Å². The number of nitrogens with zero attached hydrogens (tertiary/aromatic N) is 1. The predicted molar refractivity (Wildman–Crippen MR) is 143 cm³/mol. The molecule has 2 N–H and O–H groups in total. The van der Waals surface area contributed by atoms with Gasteiger partial charge in [0.1, 0.15) is 0 Å². The van der Waals surface area contributed by atoms with Gasteiger partial charge in [-0.05, 0) is 19.3 Å². The van der Waals surface area contributed by atoms with Gasteiger partial charge in [-0.3, -0.25) is 9.59 Å². The summed E-state index contributed by atoms with van der Waals surface area (Å²) in [5.41, 5.74) is 0. The van der Waals surface area contributed by atoms with E-state index in [9.17, 15) is 19.5 Å². The minimum absolute atomic E-state index is 0.0352. The maximum absolute atomic E-state index is 11.0. The van der Waals surface area contributed by atoms with Gasteiger partial charge in [-0.25, -0.2) is 0 Å². The molecule has 0 aromatic carbocycles. The number of quaternary nitrogens is 1. The molecule has 0 amide bonds. The molecule has 0 saturated carbocycles. The first kappa shape index (κ1) is 34.1. The molecule has 7 nitrogen and oxygen atoms in total. The zero-order valence-electron chi connectivity index (χ0n) is 22.9.